The highest BCUT2D eigenvalue weighted by molar-refractivity contribution is 6.20. The van der Waals surface area contributed by atoms with Gasteiger partial charge in [0, 0.05) is 13.8 Å². The van der Waals surface area contributed by atoms with Crippen molar-refractivity contribution < 1.29 is 24.3 Å². The first-order valence-electron chi connectivity index (χ1n) is 5.82. The zero-order valence-corrected chi connectivity index (χ0v) is 10.9. The number of urea groups is 1. The third kappa shape index (κ3) is 2.03. The van der Waals surface area contributed by atoms with E-state index in [1.54, 1.807) is 0 Å². The number of hydrogen-bond donors (Lipinski definition) is 1. The standard InChI is InChI=1S/C13H12N2O5/c1-7(16)14-11(9-3-5-10(18)6-4-9)12(19)15(8(2)17)13(14)20/h3-6,11,18H,1-2H3. The first kappa shape index (κ1) is 13.7. The zero-order chi connectivity index (χ0) is 15.0. The van der Waals surface area contributed by atoms with Gasteiger partial charge >= 0.3 is 6.03 Å². The molecule has 0 saturated carbocycles. The predicted octanol–water partition coefficient (Wildman–Crippen LogP) is 0.790. The quantitative estimate of drug-likeness (QED) is 0.765. The normalized spacial score (nSPS) is 18.6. The molecule has 1 atom stereocenters. The molecule has 7 nitrogen and oxygen atoms in total. The van der Waals surface area contributed by atoms with Crippen LogP contribution < -0.4 is 0 Å². The van der Waals surface area contributed by atoms with E-state index in [4.69, 9.17) is 0 Å². The maximum Gasteiger partial charge on any atom is 0.341 e. The summed E-state index contributed by atoms with van der Waals surface area (Å²) < 4.78 is 0. The van der Waals surface area contributed by atoms with Gasteiger partial charge in [-0.2, -0.15) is 4.90 Å². The number of benzene rings is 1. The van der Waals surface area contributed by atoms with Gasteiger partial charge in [0.1, 0.15) is 11.8 Å². The number of phenols is 1. The van der Waals surface area contributed by atoms with Crippen molar-refractivity contribution in [3.63, 3.8) is 0 Å². The highest BCUT2D eigenvalue weighted by atomic mass is 16.3. The summed E-state index contributed by atoms with van der Waals surface area (Å²) in [7, 11) is 0. The summed E-state index contributed by atoms with van der Waals surface area (Å²) in [6, 6.07) is 3.39. The highest BCUT2D eigenvalue weighted by Gasteiger charge is 2.49. The third-order valence-corrected chi connectivity index (χ3v) is 2.97. The lowest BCUT2D eigenvalue weighted by Gasteiger charge is -2.18. The summed E-state index contributed by atoms with van der Waals surface area (Å²) in [4.78, 5) is 48.3. The lowest BCUT2D eigenvalue weighted by Crippen LogP contribution is -2.38. The van der Waals surface area contributed by atoms with Crippen LogP contribution in [-0.2, 0) is 14.4 Å². The van der Waals surface area contributed by atoms with Crippen LogP contribution >= 0.6 is 0 Å². The monoisotopic (exact) mass is 276 g/mol. The Morgan fingerprint density at radius 2 is 1.60 bits per heavy atom. The molecule has 2 rings (SSSR count). The molecule has 1 N–H and O–H groups in total. The van der Waals surface area contributed by atoms with E-state index in [9.17, 15) is 24.3 Å². The number of hydrogen-bond acceptors (Lipinski definition) is 5. The van der Waals surface area contributed by atoms with Crippen LogP contribution in [0.3, 0.4) is 0 Å². The average Bonchev–Trinajstić information content (AvgIpc) is 2.62. The summed E-state index contributed by atoms with van der Waals surface area (Å²) in [6.45, 7) is 2.22. The smallest absolute Gasteiger partial charge is 0.341 e. The van der Waals surface area contributed by atoms with E-state index in [1.165, 1.54) is 24.3 Å². The lowest BCUT2D eigenvalue weighted by molar-refractivity contribution is -0.139. The molecule has 1 aliphatic heterocycles. The van der Waals surface area contributed by atoms with E-state index in [0.717, 1.165) is 18.7 Å². The van der Waals surface area contributed by atoms with Crippen molar-refractivity contribution in [2.75, 3.05) is 0 Å². The third-order valence-electron chi connectivity index (χ3n) is 2.97. The van der Waals surface area contributed by atoms with Gasteiger partial charge in [-0.15, -0.1) is 0 Å². The van der Waals surface area contributed by atoms with Crippen LogP contribution in [0.1, 0.15) is 25.5 Å². The van der Waals surface area contributed by atoms with Gasteiger partial charge in [-0.3, -0.25) is 14.4 Å². The molecule has 0 bridgehead atoms. The van der Waals surface area contributed by atoms with Crippen LogP contribution in [0.15, 0.2) is 24.3 Å². The minimum absolute atomic E-state index is 0.0108. The number of amides is 5. The summed E-state index contributed by atoms with van der Waals surface area (Å²) in [5.74, 6) is -2.16. The summed E-state index contributed by atoms with van der Waals surface area (Å²) in [5.41, 5.74) is 0.347. The Balaban J connectivity index is 2.51. The van der Waals surface area contributed by atoms with E-state index in [0.29, 0.717) is 10.5 Å². The van der Waals surface area contributed by atoms with Crippen LogP contribution in [0.25, 0.3) is 0 Å². The van der Waals surface area contributed by atoms with E-state index < -0.39 is 29.8 Å². The first-order valence-corrected chi connectivity index (χ1v) is 5.82. The number of imide groups is 4. The molecule has 20 heavy (non-hydrogen) atoms. The van der Waals surface area contributed by atoms with Crippen LogP contribution in [0.5, 0.6) is 5.75 Å². The molecule has 1 aromatic carbocycles. The topological polar surface area (TPSA) is 95.0 Å². The van der Waals surface area contributed by atoms with Crippen molar-refractivity contribution in [3.8, 4) is 5.75 Å². The van der Waals surface area contributed by atoms with Gasteiger partial charge in [0.05, 0.1) is 0 Å². The molecule has 0 aromatic heterocycles. The first-order chi connectivity index (χ1) is 9.34. The maximum absolute atomic E-state index is 12.2. The van der Waals surface area contributed by atoms with E-state index in [-0.39, 0.29) is 5.75 Å². The Morgan fingerprint density at radius 3 is 2.05 bits per heavy atom. The lowest BCUT2D eigenvalue weighted by atomic mass is 10.1. The Hall–Kier alpha value is -2.70. The molecule has 104 valence electrons. The van der Waals surface area contributed by atoms with Gasteiger partial charge in [-0.05, 0) is 17.7 Å². The minimum Gasteiger partial charge on any atom is -0.508 e. The highest BCUT2D eigenvalue weighted by Crippen LogP contribution is 2.31. The summed E-state index contributed by atoms with van der Waals surface area (Å²) in [5, 5.41) is 9.24. The average molecular weight is 276 g/mol. The number of carbonyl (C=O) groups excluding carboxylic acids is 4. The fourth-order valence-corrected chi connectivity index (χ4v) is 2.10. The van der Waals surface area contributed by atoms with E-state index in [1.807, 2.05) is 0 Å². The van der Waals surface area contributed by atoms with Crippen molar-refractivity contribution >= 4 is 23.8 Å². The van der Waals surface area contributed by atoms with Gasteiger partial charge in [-0.25, -0.2) is 9.69 Å². The Bertz CT molecular complexity index is 608. The molecule has 1 unspecified atom stereocenters. The molecular formula is C13H12N2O5. The van der Waals surface area contributed by atoms with E-state index in [2.05, 4.69) is 0 Å². The fraction of sp³-hybridized carbons (Fsp3) is 0.231. The zero-order valence-electron chi connectivity index (χ0n) is 10.9. The molecule has 1 aliphatic rings. The summed E-state index contributed by atoms with van der Waals surface area (Å²) >= 11 is 0. The Labute approximate surface area is 114 Å². The number of rotatable bonds is 1. The van der Waals surface area contributed by atoms with Crippen molar-refractivity contribution in [3.05, 3.63) is 29.8 Å². The van der Waals surface area contributed by atoms with Gasteiger partial charge in [-0.1, -0.05) is 12.1 Å². The fourth-order valence-electron chi connectivity index (χ4n) is 2.10. The molecule has 0 radical (unpaired) electrons. The molecule has 5 amide bonds. The molecule has 7 heteroatoms. The second-order valence-electron chi connectivity index (χ2n) is 4.36. The molecule has 1 fully saturated rings. The molecule has 1 aromatic rings. The minimum atomic E-state index is -1.18. The van der Waals surface area contributed by atoms with Crippen molar-refractivity contribution in [2.45, 2.75) is 19.9 Å². The number of phenolic OH excluding ortho intramolecular Hbond substituents is 1. The van der Waals surface area contributed by atoms with Gasteiger partial charge in [0.15, 0.2) is 0 Å². The van der Waals surface area contributed by atoms with Crippen molar-refractivity contribution in [2.24, 2.45) is 0 Å². The molecular weight excluding hydrogens is 264 g/mol. The number of aromatic hydroxyl groups is 1. The van der Waals surface area contributed by atoms with Crippen molar-refractivity contribution in [1.82, 2.24) is 9.80 Å². The van der Waals surface area contributed by atoms with Crippen LogP contribution in [0.2, 0.25) is 0 Å². The largest absolute Gasteiger partial charge is 0.508 e. The second-order valence-corrected chi connectivity index (χ2v) is 4.36. The van der Waals surface area contributed by atoms with Crippen molar-refractivity contribution in [1.29, 1.82) is 0 Å². The predicted molar refractivity (Wildman–Crippen MR) is 66.3 cm³/mol. The molecule has 1 heterocycles. The maximum atomic E-state index is 12.2. The number of nitrogens with zero attached hydrogens (tertiary/aromatic N) is 2. The molecule has 1 saturated heterocycles. The van der Waals surface area contributed by atoms with Gasteiger partial charge in [0.25, 0.3) is 5.91 Å². The second kappa shape index (κ2) is 4.76. The van der Waals surface area contributed by atoms with Crippen LogP contribution in [0, 0.1) is 0 Å². The SMILES string of the molecule is CC(=O)N1C(=O)C(c2ccc(O)cc2)N(C(C)=O)C1=O. The summed E-state index contributed by atoms with van der Waals surface area (Å²) in [6.07, 6.45) is 0. The Morgan fingerprint density at radius 1 is 1.05 bits per heavy atom. The van der Waals surface area contributed by atoms with Crippen LogP contribution in [0.4, 0.5) is 4.79 Å². The molecule has 0 aliphatic carbocycles. The molecule has 0 spiro atoms. The van der Waals surface area contributed by atoms with Crippen LogP contribution in [-0.4, -0.2) is 38.7 Å². The number of carbonyl (C=O) groups is 4. The van der Waals surface area contributed by atoms with E-state index >= 15 is 0 Å². The van der Waals surface area contributed by atoms with Gasteiger partial charge in [0.2, 0.25) is 11.8 Å². The Kier molecular flexibility index (Phi) is 3.27. The van der Waals surface area contributed by atoms with Gasteiger partial charge < -0.3 is 5.11 Å².